The predicted molar refractivity (Wildman–Crippen MR) is 58.2 cm³/mol. The summed E-state index contributed by atoms with van der Waals surface area (Å²) in [7, 11) is -2.24. The minimum absolute atomic E-state index is 0.333. The number of terminal acetylenes is 1. The van der Waals surface area contributed by atoms with Crippen molar-refractivity contribution in [2.24, 2.45) is 0 Å². The van der Waals surface area contributed by atoms with E-state index in [9.17, 15) is 4.79 Å². The molecule has 14 heavy (non-hydrogen) atoms. The van der Waals surface area contributed by atoms with E-state index in [1.165, 1.54) is 0 Å². The van der Waals surface area contributed by atoms with Gasteiger partial charge < -0.3 is 4.43 Å². The van der Waals surface area contributed by atoms with Crippen molar-refractivity contribution >= 4 is 14.3 Å². The lowest BCUT2D eigenvalue weighted by Gasteiger charge is -2.15. The number of benzene rings is 1. The summed E-state index contributed by atoms with van der Waals surface area (Å²) >= 11 is 0. The molecule has 0 saturated carbocycles. The first-order valence-corrected chi connectivity index (χ1v) is 7.22. The van der Waals surface area contributed by atoms with E-state index in [4.69, 9.17) is 10.8 Å². The molecule has 1 aromatic rings. The van der Waals surface area contributed by atoms with E-state index in [1.807, 2.05) is 19.2 Å². The van der Waals surface area contributed by atoms with Crippen LogP contribution < -0.4 is 0 Å². The number of hydrogen-bond donors (Lipinski definition) is 0. The van der Waals surface area contributed by atoms with Crippen LogP contribution in [0.3, 0.4) is 0 Å². The Bertz CT molecular complexity index is 363. The molecule has 0 unspecified atom stereocenters. The maximum absolute atomic E-state index is 11.5. The third kappa shape index (κ3) is 2.75. The summed E-state index contributed by atoms with van der Waals surface area (Å²) in [5.74, 6) is -0.333. The second-order valence-electron chi connectivity index (χ2n) is 3.41. The molecular weight excluding hydrogens is 192 g/mol. The molecule has 0 aliphatic heterocycles. The van der Waals surface area contributed by atoms with Gasteiger partial charge in [-0.3, -0.25) is 0 Å². The van der Waals surface area contributed by atoms with E-state index >= 15 is 0 Å². The van der Waals surface area contributed by atoms with Gasteiger partial charge in [0.1, 0.15) is 0 Å². The zero-order valence-electron chi connectivity index (χ0n) is 8.28. The van der Waals surface area contributed by atoms with Gasteiger partial charge in [0.2, 0.25) is 0 Å². The monoisotopic (exact) mass is 204 g/mol. The van der Waals surface area contributed by atoms with Gasteiger partial charge in [-0.15, -0.1) is 6.42 Å². The molecular formula is C11H12O2Si. The highest BCUT2D eigenvalue weighted by molar-refractivity contribution is 6.80. The van der Waals surface area contributed by atoms with Crippen LogP contribution in [0.25, 0.3) is 0 Å². The molecule has 0 spiro atoms. The lowest BCUT2D eigenvalue weighted by Crippen LogP contribution is -2.31. The average Bonchev–Trinajstić information content (AvgIpc) is 2.19. The Morgan fingerprint density at radius 1 is 1.36 bits per heavy atom. The average molecular weight is 204 g/mol. The third-order valence-corrected chi connectivity index (χ3v) is 3.10. The van der Waals surface area contributed by atoms with Crippen molar-refractivity contribution in [3.63, 3.8) is 0 Å². The first kappa shape index (κ1) is 10.5. The largest absolute Gasteiger partial charge is 0.504 e. The minimum Gasteiger partial charge on any atom is -0.504 e. The number of hydrogen-bond acceptors (Lipinski definition) is 2. The molecule has 1 rings (SSSR count). The second-order valence-corrected chi connectivity index (χ2v) is 6.92. The Balaban J connectivity index is 2.75. The molecule has 0 N–H and O–H groups in total. The first-order valence-electron chi connectivity index (χ1n) is 4.31. The summed E-state index contributed by atoms with van der Waals surface area (Å²) in [4.78, 5) is 11.5. The molecule has 0 aliphatic rings. The third-order valence-electron chi connectivity index (χ3n) is 1.70. The Morgan fingerprint density at radius 3 is 2.43 bits per heavy atom. The highest BCUT2D eigenvalue weighted by atomic mass is 28.4. The summed E-state index contributed by atoms with van der Waals surface area (Å²) in [6.45, 7) is 3.63. The predicted octanol–water partition coefficient (Wildman–Crippen LogP) is 2.22. The van der Waals surface area contributed by atoms with Crippen molar-refractivity contribution in [3.05, 3.63) is 35.9 Å². The van der Waals surface area contributed by atoms with Crippen LogP contribution in [0, 0.1) is 12.0 Å². The summed E-state index contributed by atoms with van der Waals surface area (Å²) < 4.78 is 5.24. The van der Waals surface area contributed by atoms with Gasteiger partial charge in [0.15, 0.2) is 0 Å². The fourth-order valence-electron chi connectivity index (χ4n) is 0.894. The summed E-state index contributed by atoms with van der Waals surface area (Å²) in [6.07, 6.45) is 5.27. The quantitative estimate of drug-likeness (QED) is 0.545. The van der Waals surface area contributed by atoms with Gasteiger partial charge in [0, 0.05) is 0 Å². The summed E-state index contributed by atoms with van der Waals surface area (Å²) in [6, 6.07) is 8.86. The van der Waals surface area contributed by atoms with E-state index in [0.717, 1.165) is 0 Å². The highest BCUT2D eigenvalue weighted by Gasteiger charge is 2.24. The van der Waals surface area contributed by atoms with Crippen molar-refractivity contribution in [2.75, 3.05) is 0 Å². The van der Waals surface area contributed by atoms with Crippen LogP contribution in [0.5, 0.6) is 0 Å². The summed E-state index contributed by atoms with van der Waals surface area (Å²) in [5.41, 5.74) is 3.08. The molecule has 1 aromatic carbocycles. The van der Waals surface area contributed by atoms with Crippen molar-refractivity contribution in [3.8, 4) is 12.0 Å². The van der Waals surface area contributed by atoms with Gasteiger partial charge >= 0.3 is 14.3 Å². The molecule has 0 bridgehead atoms. The lowest BCUT2D eigenvalue weighted by molar-refractivity contribution is 0.0728. The maximum Gasteiger partial charge on any atom is 0.327 e. The van der Waals surface area contributed by atoms with Gasteiger partial charge in [-0.2, -0.15) is 0 Å². The smallest absolute Gasteiger partial charge is 0.327 e. The van der Waals surface area contributed by atoms with Crippen LogP contribution in [0.1, 0.15) is 10.4 Å². The van der Waals surface area contributed by atoms with Crippen LogP contribution >= 0.6 is 0 Å². The zero-order chi connectivity index (χ0) is 10.6. The van der Waals surface area contributed by atoms with Gasteiger partial charge in [-0.1, -0.05) is 23.7 Å². The van der Waals surface area contributed by atoms with E-state index in [0.29, 0.717) is 5.56 Å². The van der Waals surface area contributed by atoms with Crippen LogP contribution in [0.15, 0.2) is 30.3 Å². The molecule has 0 fully saturated rings. The fraction of sp³-hybridized carbons (Fsp3) is 0.182. The molecule has 0 atom stereocenters. The van der Waals surface area contributed by atoms with E-state index in [-0.39, 0.29) is 5.97 Å². The van der Waals surface area contributed by atoms with Gasteiger partial charge in [0.25, 0.3) is 0 Å². The minimum atomic E-state index is -2.24. The Morgan fingerprint density at radius 2 is 1.93 bits per heavy atom. The number of carbonyl (C=O) groups is 1. The Labute approximate surface area is 85.0 Å². The van der Waals surface area contributed by atoms with Crippen LogP contribution in [0.4, 0.5) is 0 Å². The van der Waals surface area contributed by atoms with Gasteiger partial charge in [0.05, 0.1) is 5.56 Å². The second kappa shape index (κ2) is 4.12. The van der Waals surface area contributed by atoms with Crippen LogP contribution in [-0.4, -0.2) is 14.3 Å². The molecule has 0 aromatic heterocycles. The molecule has 0 amide bonds. The van der Waals surface area contributed by atoms with Crippen molar-refractivity contribution in [1.82, 2.24) is 0 Å². The molecule has 2 nitrogen and oxygen atoms in total. The number of rotatable bonds is 2. The molecule has 72 valence electrons. The Hall–Kier alpha value is -1.53. The molecule has 0 radical (unpaired) electrons. The Kier molecular flexibility index (Phi) is 3.10. The molecule has 0 heterocycles. The van der Waals surface area contributed by atoms with Crippen molar-refractivity contribution in [2.45, 2.75) is 13.1 Å². The fourth-order valence-corrected chi connectivity index (χ4v) is 1.53. The normalized spacial score (nSPS) is 10.4. The standard InChI is InChI=1S/C11H12O2Si/c1-4-14(2,3)13-11(12)10-8-6-5-7-9-10/h1,5-9H,2-3H3. The lowest BCUT2D eigenvalue weighted by atomic mass is 10.2. The highest BCUT2D eigenvalue weighted by Crippen LogP contribution is 2.08. The van der Waals surface area contributed by atoms with E-state index in [2.05, 4.69) is 5.54 Å². The van der Waals surface area contributed by atoms with Crippen LogP contribution in [-0.2, 0) is 4.43 Å². The SMILES string of the molecule is C#C[Si](C)(C)OC(=O)c1ccccc1. The van der Waals surface area contributed by atoms with E-state index in [1.54, 1.807) is 24.3 Å². The molecule has 0 aliphatic carbocycles. The topological polar surface area (TPSA) is 26.3 Å². The van der Waals surface area contributed by atoms with E-state index < -0.39 is 8.32 Å². The van der Waals surface area contributed by atoms with Crippen LogP contribution in [0.2, 0.25) is 13.1 Å². The van der Waals surface area contributed by atoms with Gasteiger partial charge in [-0.05, 0) is 25.2 Å². The molecule has 0 saturated heterocycles. The zero-order valence-corrected chi connectivity index (χ0v) is 9.28. The first-order chi connectivity index (χ1) is 6.55. The molecule has 3 heteroatoms. The van der Waals surface area contributed by atoms with Crippen molar-refractivity contribution in [1.29, 1.82) is 0 Å². The maximum atomic E-state index is 11.5. The number of carbonyl (C=O) groups excluding carboxylic acids is 1. The van der Waals surface area contributed by atoms with Gasteiger partial charge in [-0.25, -0.2) is 4.79 Å². The van der Waals surface area contributed by atoms with Crippen molar-refractivity contribution < 1.29 is 9.22 Å². The summed E-state index contributed by atoms with van der Waals surface area (Å²) in [5, 5.41) is 0.